The van der Waals surface area contributed by atoms with Gasteiger partial charge in [0.1, 0.15) is 17.1 Å². The molecule has 0 spiro atoms. The van der Waals surface area contributed by atoms with Crippen molar-refractivity contribution < 1.29 is 18.9 Å². The molecule has 0 radical (unpaired) electrons. The molecule has 5 rings (SSSR count). The molecule has 2 heterocycles. The van der Waals surface area contributed by atoms with Gasteiger partial charge in [-0.15, -0.1) is 0 Å². The van der Waals surface area contributed by atoms with E-state index < -0.39 is 5.60 Å². The van der Waals surface area contributed by atoms with E-state index in [0.29, 0.717) is 29.1 Å². The Morgan fingerprint density at radius 3 is 2.32 bits per heavy atom. The molecule has 1 saturated carbocycles. The maximum Gasteiger partial charge on any atom is 0.255 e. The first-order valence-corrected chi connectivity index (χ1v) is 11.9. The minimum absolute atomic E-state index is 0.0311. The number of benzene rings is 2. The number of hydrogen-bond acceptors (Lipinski definition) is 5. The summed E-state index contributed by atoms with van der Waals surface area (Å²) in [5.74, 6) is 3.99. The summed E-state index contributed by atoms with van der Waals surface area (Å²) >= 11 is 0. The highest BCUT2D eigenvalue weighted by Crippen LogP contribution is 2.67. The zero-order chi connectivity index (χ0) is 24.4. The van der Waals surface area contributed by atoms with Gasteiger partial charge in [0.2, 0.25) is 0 Å². The lowest BCUT2D eigenvalue weighted by molar-refractivity contribution is -0.104. The van der Waals surface area contributed by atoms with Crippen LogP contribution in [-0.4, -0.2) is 31.9 Å². The largest absolute Gasteiger partial charge is 0.497 e. The molecule has 0 saturated heterocycles. The van der Waals surface area contributed by atoms with Crippen molar-refractivity contribution in [2.45, 2.75) is 45.1 Å². The zero-order valence-electron chi connectivity index (χ0n) is 20.9. The van der Waals surface area contributed by atoms with Crippen LogP contribution in [0, 0.1) is 17.8 Å². The molecular formula is C28H33NO5. The van der Waals surface area contributed by atoms with E-state index in [9.17, 15) is 4.79 Å². The Morgan fingerprint density at radius 2 is 1.68 bits per heavy atom. The van der Waals surface area contributed by atoms with Crippen LogP contribution in [0.5, 0.6) is 23.0 Å². The number of methoxy groups -OCH3 is 3. The van der Waals surface area contributed by atoms with Crippen LogP contribution in [0.3, 0.4) is 0 Å². The molecule has 1 fully saturated rings. The predicted octanol–water partition coefficient (Wildman–Crippen LogP) is 5.49. The summed E-state index contributed by atoms with van der Waals surface area (Å²) in [7, 11) is 4.94. The van der Waals surface area contributed by atoms with Crippen LogP contribution in [0.4, 0.5) is 0 Å². The van der Waals surface area contributed by atoms with Crippen LogP contribution in [0.25, 0.3) is 10.9 Å². The minimum atomic E-state index is -0.427. The number of aromatic nitrogens is 1. The Hall–Kier alpha value is -3.15. The first-order chi connectivity index (χ1) is 16.2. The number of nitrogens with one attached hydrogen (secondary N) is 1. The fourth-order valence-electron chi connectivity index (χ4n) is 6.48. The molecule has 3 aromatic rings. The second-order valence-corrected chi connectivity index (χ2v) is 10.3. The molecule has 1 N–H and O–H groups in total. The second kappa shape index (κ2) is 7.97. The van der Waals surface area contributed by atoms with Crippen molar-refractivity contribution >= 4 is 10.9 Å². The van der Waals surface area contributed by atoms with E-state index in [1.165, 1.54) is 0 Å². The summed E-state index contributed by atoms with van der Waals surface area (Å²) < 4.78 is 23.2. The smallest absolute Gasteiger partial charge is 0.255 e. The average Bonchev–Trinajstić information content (AvgIpc) is 2.78. The Morgan fingerprint density at radius 1 is 0.941 bits per heavy atom. The molecule has 2 aliphatic rings. The van der Waals surface area contributed by atoms with Crippen LogP contribution in [0.1, 0.15) is 50.7 Å². The number of rotatable bonds is 5. The summed E-state index contributed by atoms with van der Waals surface area (Å²) in [4.78, 5) is 16.6. The van der Waals surface area contributed by atoms with Gasteiger partial charge in [0.25, 0.3) is 5.56 Å². The summed E-state index contributed by atoms with van der Waals surface area (Å²) in [6.45, 7) is 8.83. The lowest BCUT2D eigenvalue weighted by atomic mass is 9.45. The molecule has 4 atom stereocenters. The van der Waals surface area contributed by atoms with E-state index in [4.69, 9.17) is 18.9 Å². The Labute approximate surface area is 200 Å². The van der Waals surface area contributed by atoms with Gasteiger partial charge >= 0.3 is 0 Å². The minimum Gasteiger partial charge on any atom is -0.497 e. The average molecular weight is 464 g/mol. The van der Waals surface area contributed by atoms with Crippen LogP contribution in [-0.2, 0) is 0 Å². The van der Waals surface area contributed by atoms with Gasteiger partial charge in [-0.2, -0.15) is 0 Å². The Kier molecular flexibility index (Phi) is 5.30. The molecule has 180 valence electrons. The third-order valence-corrected chi connectivity index (χ3v) is 7.88. The summed E-state index contributed by atoms with van der Waals surface area (Å²) in [5, 5.41) is 0.875. The first kappa shape index (κ1) is 22.6. The molecule has 1 aromatic heterocycles. The summed E-state index contributed by atoms with van der Waals surface area (Å²) in [5.41, 5.74) is 2.14. The normalized spacial score (nSPS) is 24.6. The van der Waals surface area contributed by atoms with Gasteiger partial charge in [-0.05, 0) is 67.5 Å². The van der Waals surface area contributed by atoms with E-state index in [1.54, 1.807) is 21.3 Å². The highest BCUT2D eigenvalue weighted by molar-refractivity contribution is 5.88. The maximum atomic E-state index is 13.5. The highest BCUT2D eigenvalue weighted by Gasteiger charge is 2.62. The van der Waals surface area contributed by atoms with Crippen LogP contribution in [0.2, 0.25) is 0 Å². The fourth-order valence-corrected chi connectivity index (χ4v) is 6.48. The van der Waals surface area contributed by atoms with E-state index in [2.05, 4.69) is 44.8 Å². The van der Waals surface area contributed by atoms with Gasteiger partial charge in [0.15, 0.2) is 11.5 Å². The van der Waals surface area contributed by atoms with Gasteiger partial charge in [-0.3, -0.25) is 4.79 Å². The lowest BCUT2D eigenvalue weighted by Crippen LogP contribution is -2.60. The molecule has 34 heavy (non-hydrogen) atoms. The van der Waals surface area contributed by atoms with Crippen molar-refractivity contribution in [2.75, 3.05) is 21.3 Å². The van der Waals surface area contributed by atoms with Crippen molar-refractivity contribution in [3.05, 3.63) is 57.9 Å². The van der Waals surface area contributed by atoms with Crippen molar-refractivity contribution in [3.8, 4) is 23.0 Å². The lowest BCUT2D eigenvalue weighted by Gasteiger charge is -2.62. The Bertz CT molecular complexity index is 1310. The van der Waals surface area contributed by atoms with Crippen molar-refractivity contribution in [1.82, 2.24) is 4.98 Å². The molecule has 2 aromatic carbocycles. The van der Waals surface area contributed by atoms with Gasteiger partial charge < -0.3 is 23.9 Å². The topological polar surface area (TPSA) is 69.8 Å². The quantitative estimate of drug-likeness (QED) is 0.542. The van der Waals surface area contributed by atoms with Gasteiger partial charge in [-0.25, -0.2) is 0 Å². The van der Waals surface area contributed by atoms with E-state index >= 15 is 0 Å². The molecule has 1 aliphatic carbocycles. The van der Waals surface area contributed by atoms with E-state index in [1.807, 2.05) is 24.3 Å². The number of fused-ring (bicyclic) bond motifs is 5. The molecule has 0 bridgehead atoms. The molecule has 6 nitrogen and oxygen atoms in total. The number of H-pyrrole nitrogens is 1. The number of pyridine rings is 1. The third kappa shape index (κ3) is 3.18. The first-order valence-electron chi connectivity index (χ1n) is 11.9. The molecule has 0 amide bonds. The maximum absolute atomic E-state index is 13.5. The molecule has 6 heteroatoms. The standard InChI is InChI=1S/C28H33NO5/c1-14(2)21-22(15-8-11-19(32-6)20(12-15)33-7)23-24-26(34-28(3,4)25(21)23)17-13-16(31-5)9-10-18(17)29-27(24)30/h8-14,21-23,25H,1-7H3,(H,29,30)/t21-,22-,23+,25+/m1/s1. The van der Waals surface area contributed by atoms with Gasteiger partial charge in [-0.1, -0.05) is 19.9 Å². The van der Waals surface area contributed by atoms with Crippen LogP contribution >= 0.6 is 0 Å². The molecule has 1 aliphatic heterocycles. The van der Waals surface area contributed by atoms with Gasteiger partial charge in [0, 0.05) is 17.2 Å². The molecule has 0 unspecified atom stereocenters. The van der Waals surface area contributed by atoms with E-state index in [-0.39, 0.29) is 23.3 Å². The fraction of sp³-hybridized carbons (Fsp3) is 0.464. The van der Waals surface area contributed by atoms with Crippen molar-refractivity contribution in [1.29, 1.82) is 0 Å². The van der Waals surface area contributed by atoms with E-state index in [0.717, 1.165) is 27.8 Å². The highest BCUT2D eigenvalue weighted by atomic mass is 16.5. The van der Waals surface area contributed by atoms with Crippen LogP contribution < -0.4 is 24.5 Å². The number of hydrogen-bond donors (Lipinski definition) is 1. The van der Waals surface area contributed by atoms with Crippen molar-refractivity contribution in [2.24, 2.45) is 17.8 Å². The monoisotopic (exact) mass is 463 g/mol. The number of aromatic amines is 1. The zero-order valence-corrected chi connectivity index (χ0v) is 20.9. The summed E-state index contributed by atoms with van der Waals surface area (Å²) in [6.07, 6.45) is 0. The van der Waals surface area contributed by atoms with Crippen LogP contribution in [0.15, 0.2) is 41.2 Å². The SMILES string of the molecule is COc1ccc2[nH]c(=O)c3c(c2c1)OC(C)(C)[C@@H]1[C@H]3[C@H](c2ccc(OC)c(OC)c2)[C@H]1C(C)C. The third-order valence-electron chi connectivity index (χ3n) is 7.88. The van der Waals surface area contributed by atoms with Crippen molar-refractivity contribution in [3.63, 3.8) is 0 Å². The Balaban J connectivity index is 1.74. The van der Waals surface area contributed by atoms with Gasteiger partial charge in [0.05, 0.1) is 32.4 Å². The number of ether oxygens (including phenoxy) is 4. The second-order valence-electron chi connectivity index (χ2n) is 10.3. The summed E-state index contributed by atoms with van der Waals surface area (Å²) in [6, 6.07) is 11.8. The molecular weight excluding hydrogens is 430 g/mol. The predicted molar refractivity (Wildman–Crippen MR) is 133 cm³/mol.